The molecule has 0 unspecified atom stereocenters. The molecule has 3 amide bonds. The van der Waals surface area contributed by atoms with Gasteiger partial charge in [-0.25, -0.2) is 9.37 Å². The molecule has 1 aromatic heterocycles. The van der Waals surface area contributed by atoms with Crippen LogP contribution in [-0.4, -0.2) is 78.3 Å². The third kappa shape index (κ3) is 6.68. The van der Waals surface area contributed by atoms with E-state index in [1.165, 1.54) is 18.5 Å². The van der Waals surface area contributed by atoms with E-state index in [1.807, 2.05) is 21.0 Å². The van der Waals surface area contributed by atoms with Crippen molar-refractivity contribution in [3.63, 3.8) is 0 Å². The SMILES string of the molecule is CC(CNC(=O)c1[nH]cnc1C(=O)N(C)[C@H]1CC[C@H](C(=O)N(C)c2ccc(F)cc2)CC1)=C(Cl)N(C)C. The van der Waals surface area contributed by atoms with Crippen LogP contribution in [0.3, 0.4) is 0 Å². The van der Waals surface area contributed by atoms with Crippen molar-refractivity contribution in [2.45, 2.75) is 38.6 Å². The highest BCUT2D eigenvalue weighted by molar-refractivity contribution is 6.29. The predicted molar refractivity (Wildman–Crippen MR) is 141 cm³/mol. The molecule has 37 heavy (non-hydrogen) atoms. The summed E-state index contributed by atoms with van der Waals surface area (Å²) in [5.41, 5.74) is 1.56. The van der Waals surface area contributed by atoms with Gasteiger partial charge in [-0.3, -0.25) is 14.4 Å². The number of amides is 3. The number of rotatable bonds is 8. The highest BCUT2D eigenvalue weighted by atomic mass is 35.5. The molecule has 9 nitrogen and oxygen atoms in total. The van der Waals surface area contributed by atoms with Gasteiger partial charge in [0.05, 0.1) is 6.33 Å². The third-order valence-corrected chi connectivity index (χ3v) is 7.45. The number of carbonyl (C=O) groups excluding carboxylic acids is 3. The first kappa shape index (κ1) is 28.2. The number of aromatic amines is 1. The standard InChI is InChI=1S/C26H34ClFN6O3/c1-16(23(27)32(2)3)14-29-24(35)21-22(31-15-30-21)26(37)34(5)19-10-6-17(7-11-19)25(36)33(4)20-12-8-18(28)9-13-20/h8-9,12-13,15,17,19H,6-7,10-11,14H2,1-5H3,(H,29,35)(H,30,31)/t17-,19-. The number of H-pyrrole nitrogens is 1. The second-order valence-electron chi connectivity index (χ2n) is 9.57. The molecular weight excluding hydrogens is 499 g/mol. The molecule has 0 saturated heterocycles. The lowest BCUT2D eigenvalue weighted by Crippen LogP contribution is -2.43. The zero-order valence-corrected chi connectivity index (χ0v) is 22.6. The number of imidazole rings is 1. The molecule has 11 heteroatoms. The van der Waals surface area contributed by atoms with Crippen LogP contribution >= 0.6 is 11.6 Å². The number of carbonyl (C=O) groups is 3. The minimum absolute atomic E-state index is 0.0241. The van der Waals surface area contributed by atoms with E-state index in [0.717, 1.165) is 5.57 Å². The molecule has 0 radical (unpaired) electrons. The number of benzene rings is 1. The minimum Gasteiger partial charge on any atom is -0.368 e. The average molecular weight is 533 g/mol. The van der Waals surface area contributed by atoms with E-state index < -0.39 is 5.91 Å². The van der Waals surface area contributed by atoms with Gasteiger partial charge in [0.1, 0.15) is 16.7 Å². The van der Waals surface area contributed by atoms with E-state index in [4.69, 9.17) is 11.6 Å². The number of hydrogen-bond donors (Lipinski definition) is 2. The van der Waals surface area contributed by atoms with Crippen molar-refractivity contribution in [2.75, 3.05) is 39.6 Å². The third-order valence-electron chi connectivity index (χ3n) is 6.79. The Bertz CT molecular complexity index is 1160. The molecule has 1 aliphatic rings. The van der Waals surface area contributed by atoms with Gasteiger partial charge in [0, 0.05) is 52.4 Å². The maximum atomic E-state index is 13.2. The Balaban J connectivity index is 1.58. The molecule has 3 rings (SSSR count). The lowest BCUT2D eigenvalue weighted by molar-refractivity contribution is -0.123. The Labute approximate surface area is 221 Å². The summed E-state index contributed by atoms with van der Waals surface area (Å²) in [6.45, 7) is 2.04. The fraction of sp³-hybridized carbons (Fsp3) is 0.462. The van der Waals surface area contributed by atoms with Gasteiger partial charge in [-0.05, 0) is 62.4 Å². The fourth-order valence-electron chi connectivity index (χ4n) is 4.49. The zero-order chi connectivity index (χ0) is 27.3. The fourth-order valence-corrected chi connectivity index (χ4v) is 4.56. The molecule has 0 spiro atoms. The minimum atomic E-state index is -0.449. The van der Waals surface area contributed by atoms with Gasteiger partial charge in [-0.2, -0.15) is 0 Å². The maximum Gasteiger partial charge on any atom is 0.274 e. The van der Waals surface area contributed by atoms with E-state index in [-0.39, 0.29) is 47.5 Å². The summed E-state index contributed by atoms with van der Waals surface area (Å²) < 4.78 is 13.2. The quantitative estimate of drug-likeness (QED) is 0.506. The van der Waals surface area contributed by atoms with Crippen molar-refractivity contribution in [1.82, 2.24) is 25.1 Å². The lowest BCUT2D eigenvalue weighted by Gasteiger charge is -2.35. The van der Waals surface area contributed by atoms with Crippen LogP contribution < -0.4 is 10.2 Å². The van der Waals surface area contributed by atoms with Crippen molar-refractivity contribution in [3.8, 4) is 0 Å². The summed E-state index contributed by atoms with van der Waals surface area (Å²) in [6.07, 6.45) is 3.87. The monoisotopic (exact) mass is 532 g/mol. The number of nitrogens with one attached hydrogen (secondary N) is 2. The van der Waals surface area contributed by atoms with E-state index in [1.54, 1.807) is 40.9 Å². The van der Waals surface area contributed by atoms with Crippen molar-refractivity contribution in [3.05, 3.63) is 58.5 Å². The summed E-state index contributed by atoms with van der Waals surface area (Å²) in [4.78, 5) is 50.7. The van der Waals surface area contributed by atoms with Crippen LogP contribution in [0.15, 0.2) is 41.3 Å². The smallest absolute Gasteiger partial charge is 0.274 e. The molecule has 1 fully saturated rings. The molecule has 1 aliphatic carbocycles. The summed E-state index contributed by atoms with van der Waals surface area (Å²) in [5, 5.41) is 3.29. The van der Waals surface area contributed by atoms with Gasteiger partial charge in [0.25, 0.3) is 11.8 Å². The first-order valence-electron chi connectivity index (χ1n) is 12.2. The predicted octanol–water partition coefficient (Wildman–Crippen LogP) is 3.60. The Kier molecular flexibility index (Phi) is 9.31. The first-order valence-corrected chi connectivity index (χ1v) is 12.5. The molecule has 0 atom stereocenters. The Morgan fingerprint density at radius 1 is 1.08 bits per heavy atom. The summed E-state index contributed by atoms with van der Waals surface area (Å²) in [6, 6.07) is 5.74. The zero-order valence-electron chi connectivity index (χ0n) is 21.8. The number of halogens is 2. The van der Waals surface area contributed by atoms with Crippen LogP contribution in [0, 0.1) is 11.7 Å². The molecule has 0 bridgehead atoms. The van der Waals surface area contributed by atoms with Gasteiger partial charge in [0.15, 0.2) is 5.69 Å². The Hall–Kier alpha value is -3.40. The van der Waals surface area contributed by atoms with E-state index >= 15 is 0 Å². The molecule has 1 saturated carbocycles. The van der Waals surface area contributed by atoms with Gasteiger partial charge in [-0.15, -0.1) is 0 Å². The Morgan fingerprint density at radius 2 is 1.70 bits per heavy atom. The van der Waals surface area contributed by atoms with Crippen LogP contribution in [0.4, 0.5) is 10.1 Å². The van der Waals surface area contributed by atoms with Gasteiger partial charge in [-0.1, -0.05) is 11.6 Å². The average Bonchev–Trinajstić information content (AvgIpc) is 3.40. The lowest BCUT2D eigenvalue weighted by atomic mass is 9.84. The second kappa shape index (κ2) is 12.2. The summed E-state index contributed by atoms with van der Waals surface area (Å²) >= 11 is 6.20. The van der Waals surface area contributed by atoms with E-state index in [9.17, 15) is 18.8 Å². The van der Waals surface area contributed by atoms with Crippen LogP contribution in [0.1, 0.15) is 53.6 Å². The van der Waals surface area contributed by atoms with E-state index in [0.29, 0.717) is 36.5 Å². The molecule has 2 aromatic rings. The molecule has 200 valence electrons. The van der Waals surface area contributed by atoms with Crippen molar-refractivity contribution in [2.24, 2.45) is 5.92 Å². The van der Waals surface area contributed by atoms with Crippen molar-refractivity contribution in [1.29, 1.82) is 0 Å². The van der Waals surface area contributed by atoms with Crippen LogP contribution in [0.2, 0.25) is 0 Å². The van der Waals surface area contributed by atoms with Crippen LogP contribution in [0.5, 0.6) is 0 Å². The maximum absolute atomic E-state index is 13.2. The number of anilines is 1. The molecule has 2 N–H and O–H groups in total. The molecular formula is C26H34ClFN6O3. The molecule has 1 heterocycles. The van der Waals surface area contributed by atoms with Crippen molar-refractivity contribution < 1.29 is 18.8 Å². The second-order valence-corrected chi connectivity index (χ2v) is 9.93. The van der Waals surface area contributed by atoms with E-state index in [2.05, 4.69) is 15.3 Å². The van der Waals surface area contributed by atoms with Crippen LogP contribution in [0.25, 0.3) is 0 Å². The summed E-state index contributed by atoms with van der Waals surface area (Å²) in [5.74, 6) is -1.36. The van der Waals surface area contributed by atoms with Gasteiger partial charge in [0.2, 0.25) is 5.91 Å². The number of hydrogen-bond acceptors (Lipinski definition) is 5. The highest BCUT2D eigenvalue weighted by Gasteiger charge is 2.33. The normalized spacial score (nSPS) is 18.0. The van der Waals surface area contributed by atoms with Gasteiger partial charge < -0.3 is 25.0 Å². The number of nitrogens with zero attached hydrogens (tertiary/aromatic N) is 4. The summed E-state index contributed by atoms with van der Waals surface area (Å²) in [7, 11) is 7.00. The van der Waals surface area contributed by atoms with Gasteiger partial charge >= 0.3 is 0 Å². The van der Waals surface area contributed by atoms with Crippen molar-refractivity contribution >= 4 is 35.0 Å². The molecule has 0 aliphatic heterocycles. The molecule has 1 aromatic carbocycles. The Morgan fingerprint density at radius 3 is 2.30 bits per heavy atom. The van der Waals surface area contributed by atoms with Crippen LogP contribution in [-0.2, 0) is 4.79 Å². The largest absolute Gasteiger partial charge is 0.368 e. The topological polar surface area (TPSA) is 102 Å². The highest BCUT2D eigenvalue weighted by Crippen LogP contribution is 2.30. The first-order chi connectivity index (χ1) is 17.5. The number of aromatic nitrogens is 2.